The summed E-state index contributed by atoms with van der Waals surface area (Å²) in [6, 6.07) is 5.98. The third-order valence-corrected chi connectivity index (χ3v) is 3.35. The van der Waals surface area contributed by atoms with E-state index in [-0.39, 0.29) is 12.1 Å². The molecule has 0 spiro atoms. The second kappa shape index (κ2) is 6.56. The number of aromatic carboxylic acids is 1. The lowest BCUT2D eigenvalue weighted by atomic mass is 10.2. The zero-order valence-corrected chi connectivity index (χ0v) is 12.5. The minimum Gasteiger partial charge on any atom is -0.478 e. The van der Waals surface area contributed by atoms with Crippen LogP contribution >= 0.6 is 15.9 Å². The van der Waals surface area contributed by atoms with E-state index in [0.717, 1.165) is 0 Å². The van der Waals surface area contributed by atoms with Gasteiger partial charge in [0.1, 0.15) is 0 Å². The van der Waals surface area contributed by atoms with Crippen molar-refractivity contribution in [2.45, 2.75) is 6.10 Å². The zero-order valence-electron chi connectivity index (χ0n) is 10.9. The van der Waals surface area contributed by atoms with Crippen LogP contribution in [0.1, 0.15) is 10.4 Å². The highest BCUT2D eigenvalue weighted by atomic mass is 79.9. The maximum atomic E-state index is 12.1. The predicted molar refractivity (Wildman–Crippen MR) is 77.0 cm³/mol. The first-order valence-corrected chi connectivity index (χ1v) is 6.90. The van der Waals surface area contributed by atoms with Gasteiger partial charge in [0.15, 0.2) is 6.10 Å². The summed E-state index contributed by atoms with van der Waals surface area (Å²) >= 11 is 3.20. The molecule has 1 aliphatic rings. The number of amides is 2. The van der Waals surface area contributed by atoms with Crippen molar-refractivity contribution in [2.24, 2.45) is 0 Å². The number of carboxylic acids is 1. The lowest BCUT2D eigenvalue weighted by Crippen LogP contribution is -2.46. The van der Waals surface area contributed by atoms with E-state index in [2.05, 4.69) is 21.2 Å². The van der Waals surface area contributed by atoms with Gasteiger partial charge in [0, 0.05) is 16.7 Å². The van der Waals surface area contributed by atoms with Gasteiger partial charge in [-0.1, -0.05) is 15.9 Å². The van der Waals surface area contributed by atoms with Crippen molar-refractivity contribution in [1.29, 1.82) is 5.26 Å². The van der Waals surface area contributed by atoms with E-state index in [1.807, 2.05) is 6.07 Å². The molecule has 1 fully saturated rings. The quantitative estimate of drug-likeness (QED) is 0.845. The normalized spacial score (nSPS) is 17.9. The van der Waals surface area contributed by atoms with Crippen LogP contribution in [-0.4, -0.2) is 47.8 Å². The van der Waals surface area contributed by atoms with Gasteiger partial charge in [0.2, 0.25) is 0 Å². The molecule has 1 aromatic rings. The molecule has 2 amide bonds. The fourth-order valence-electron chi connectivity index (χ4n) is 1.90. The number of carbonyl (C=O) groups is 2. The number of rotatable bonds is 2. The van der Waals surface area contributed by atoms with E-state index < -0.39 is 18.1 Å². The van der Waals surface area contributed by atoms with E-state index in [0.29, 0.717) is 23.3 Å². The first kappa shape index (κ1) is 15.3. The topological polar surface area (TPSA) is 103 Å². The summed E-state index contributed by atoms with van der Waals surface area (Å²) in [4.78, 5) is 24.5. The van der Waals surface area contributed by atoms with E-state index >= 15 is 0 Å². The molecule has 1 saturated heterocycles. The Morgan fingerprint density at radius 1 is 1.48 bits per heavy atom. The number of halogens is 1. The van der Waals surface area contributed by atoms with Gasteiger partial charge >= 0.3 is 12.0 Å². The summed E-state index contributed by atoms with van der Waals surface area (Å²) in [6.07, 6.45) is -0.637. The number of ether oxygens (including phenoxy) is 1. The molecule has 1 aromatic carbocycles. The monoisotopic (exact) mass is 353 g/mol. The summed E-state index contributed by atoms with van der Waals surface area (Å²) in [7, 11) is 0. The summed E-state index contributed by atoms with van der Waals surface area (Å²) in [5.74, 6) is -1.08. The molecule has 21 heavy (non-hydrogen) atoms. The maximum Gasteiger partial charge on any atom is 0.335 e. The molecule has 8 heteroatoms. The number of nitrogens with one attached hydrogen (secondary N) is 1. The van der Waals surface area contributed by atoms with Crippen LogP contribution in [0.25, 0.3) is 0 Å². The molecule has 0 saturated carbocycles. The third-order valence-electron chi connectivity index (χ3n) is 2.89. The average Bonchev–Trinajstić information content (AvgIpc) is 2.46. The molecule has 1 unspecified atom stereocenters. The van der Waals surface area contributed by atoms with Crippen LogP contribution in [0.2, 0.25) is 0 Å². The van der Waals surface area contributed by atoms with Gasteiger partial charge < -0.3 is 20.1 Å². The van der Waals surface area contributed by atoms with E-state index in [9.17, 15) is 9.59 Å². The first-order valence-electron chi connectivity index (χ1n) is 6.10. The van der Waals surface area contributed by atoms with Crippen molar-refractivity contribution in [1.82, 2.24) is 4.90 Å². The summed E-state index contributed by atoms with van der Waals surface area (Å²) in [6.45, 7) is 0.858. The fraction of sp³-hybridized carbons (Fsp3) is 0.308. The molecule has 2 rings (SSSR count). The molecule has 1 heterocycles. The summed E-state index contributed by atoms with van der Waals surface area (Å²) in [5, 5.41) is 20.4. The lowest BCUT2D eigenvalue weighted by molar-refractivity contribution is 0.0181. The first-order chi connectivity index (χ1) is 9.99. The van der Waals surface area contributed by atoms with Crippen molar-refractivity contribution in [2.75, 3.05) is 25.0 Å². The van der Waals surface area contributed by atoms with Crippen molar-refractivity contribution in [3.8, 4) is 6.07 Å². The molecule has 7 nitrogen and oxygen atoms in total. The van der Waals surface area contributed by atoms with Crippen LogP contribution in [0, 0.1) is 11.3 Å². The van der Waals surface area contributed by atoms with Crippen LogP contribution in [0.5, 0.6) is 0 Å². The van der Waals surface area contributed by atoms with E-state index in [1.165, 1.54) is 17.0 Å². The number of benzene rings is 1. The number of nitrogens with zero attached hydrogens (tertiary/aromatic N) is 2. The fourth-order valence-corrected chi connectivity index (χ4v) is 2.39. The number of anilines is 1. The Morgan fingerprint density at radius 2 is 2.24 bits per heavy atom. The highest BCUT2D eigenvalue weighted by Crippen LogP contribution is 2.20. The van der Waals surface area contributed by atoms with Crippen LogP contribution in [0.15, 0.2) is 22.7 Å². The number of morpholine rings is 1. The molecule has 1 atom stereocenters. The second-order valence-electron chi connectivity index (χ2n) is 4.40. The Bertz CT molecular complexity index is 614. The van der Waals surface area contributed by atoms with Gasteiger partial charge in [-0.15, -0.1) is 0 Å². The highest BCUT2D eigenvalue weighted by molar-refractivity contribution is 9.10. The van der Waals surface area contributed by atoms with Crippen molar-refractivity contribution in [3.63, 3.8) is 0 Å². The van der Waals surface area contributed by atoms with E-state index in [4.69, 9.17) is 15.1 Å². The Morgan fingerprint density at radius 3 is 2.90 bits per heavy atom. The molecule has 0 aliphatic carbocycles. The van der Waals surface area contributed by atoms with Crippen molar-refractivity contribution < 1.29 is 19.4 Å². The number of carboxylic acid groups (broad SMARTS) is 1. The standard InChI is InChI=1S/C13H12BrN3O4/c14-9-3-8(12(18)19)4-10(5-9)16-13(20)17-1-2-21-11(6-15)7-17/h3-5,11H,1-2,7H2,(H,16,20)(H,18,19). The van der Waals surface area contributed by atoms with Crippen molar-refractivity contribution in [3.05, 3.63) is 28.2 Å². The molecule has 2 N–H and O–H groups in total. The number of nitriles is 1. The van der Waals surface area contributed by atoms with E-state index in [1.54, 1.807) is 6.07 Å². The predicted octanol–water partition coefficient (Wildman–Crippen LogP) is 1.90. The molecule has 1 aliphatic heterocycles. The van der Waals surface area contributed by atoms with Gasteiger partial charge in [0.05, 0.1) is 24.8 Å². The number of hydrogen-bond donors (Lipinski definition) is 2. The van der Waals surface area contributed by atoms with Gasteiger partial charge in [-0.2, -0.15) is 5.26 Å². The van der Waals surface area contributed by atoms with Gasteiger partial charge in [0.25, 0.3) is 0 Å². The highest BCUT2D eigenvalue weighted by Gasteiger charge is 2.24. The third kappa shape index (κ3) is 3.93. The molecule has 0 radical (unpaired) electrons. The summed E-state index contributed by atoms with van der Waals surface area (Å²) < 4.78 is 5.71. The molecular weight excluding hydrogens is 342 g/mol. The smallest absolute Gasteiger partial charge is 0.335 e. The maximum absolute atomic E-state index is 12.1. The Labute approximate surface area is 129 Å². The number of hydrogen-bond acceptors (Lipinski definition) is 4. The van der Waals surface area contributed by atoms with Crippen LogP contribution in [0.3, 0.4) is 0 Å². The lowest BCUT2D eigenvalue weighted by Gasteiger charge is -2.29. The SMILES string of the molecule is N#CC1CN(C(=O)Nc2cc(Br)cc(C(=O)O)c2)CCO1. The molecule has 0 bridgehead atoms. The largest absolute Gasteiger partial charge is 0.478 e. The number of urea groups is 1. The van der Waals surface area contributed by atoms with Gasteiger partial charge in [-0.25, -0.2) is 9.59 Å². The minimum absolute atomic E-state index is 0.0663. The van der Waals surface area contributed by atoms with Crippen LogP contribution in [0.4, 0.5) is 10.5 Å². The van der Waals surface area contributed by atoms with Gasteiger partial charge in [-0.3, -0.25) is 0 Å². The van der Waals surface area contributed by atoms with Crippen LogP contribution in [-0.2, 0) is 4.74 Å². The molecule has 0 aromatic heterocycles. The number of carbonyl (C=O) groups excluding carboxylic acids is 1. The zero-order chi connectivity index (χ0) is 15.4. The van der Waals surface area contributed by atoms with Crippen LogP contribution < -0.4 is 5.32 Å². The van der Waals surface area contributed by atoms with Gasteiger partial charge in [-0.05, 0) is 18.2 Å². The van der Waals surface area contributed by atoms with Crippen molar-refractivity contribution >= 4 is 33.6 Å². The Hall–Kier alpha value is -2.11. The molecular formula is C13H12BrN3O4. The average molecular weight is 354 g/mol. The summed E-state index contributed by atoms with van der Waals surface area (Å²) in [5.41, 5.74) is 0.434. The molecule has 110 valence electrons. The Balaban J connectivity index is 2.09. The Kier molecular flexibility index (Phi) is 4.77. The minimum atomic E-state index is -1.08. The second-order valence-corrected chi connectivity index (χ2v) is 5.31.